The summed E-state index contributed by atoms with van der Waals surface area (Å²) in [6, 6.07) is 15.4. The standard InChI is InChI=1S/C14H12INOS/c1-18-11-6-4-5-10(9-11)16-14(17)12-7-2-3-8-13(12)15/h2-9H,1H3,(H,16,17). The molecule has 0 saturated heterocycles. The minimum atomic E-state index is -0.0711. The fourth-order valence-corrected chi connectivity index (χ4v) is 2.64. The second-order valence-electron chi connectivity index (χ2n) is 3.67. The summed E-state index contributed by atoms with van der Waals surface area (Å²) in [6.07, 6.45) is 2.01. The minimum Gasteiger partial charge on any atom is -0.322 e. The third-order valence-electron chi connectivity index (χ3n) is 2.45. The Balaban J connectivity index is 2.19. The summed E-state index contributed by atoms with van der Waals surface area (Å²) in [6.45, 7) is 0. The highest BCUT2D eigenvalue weighted by atomic mass is 127. The normalized spacial score (nSPS) is 10.1. The first-order valence-electron chi connectivity index (χ1n) is 5.40. The van der Waals surface area contributed by atoms with Crippen LogP contribution in [0.1, 0.15) is 10.4 Å². The second kappa shape index (κ2) is 6.24. The van der Waals surface area contributed by atoms with E-state index >= 15 is 0 Å². The van der Waals surface area contributed by atoms with E-state index in [4.69, 9.17) is 0 Å². The Morgan fingerprint density at radius 3 is 2.67 bits per heavy atom. The third-order valence-corrected chi connectivity index (χ3v) is 4.11. The fourth-order valence-electron chi connectivity index (χ4n) is 1.54. The topological polar surface area (TPSA) is 29.1 Å². The number of hydrogen-bond donors (Lipinski definition) is 1. The highest BCUT2D eigenvalue weighted by Crippen LogP contribution is 2.20. The molecule has 0 aliphatic rings. The summed E-state index contributed by atoms with van der Waals surface area (Å²) >= 11 is 3.82. The Kier molecular flexibility index (Phi) is 4.66. The van der Waals surface area contributed by atoms with Crippen LogP contribution < -0.4 is 5.32 Å². The first-order chi connectivity index (χ1) is 8.70. The first-order valence-corrected chi connectivity index (χ1v) is 7.71. The SMILES string of the molecule is CSc1cccc(NC(=O)c2ccccc2I)c1. The highest BCUT2D eigenvalue weighted by Gasteiger charge is 2.09. The van der Waals surface area contributed by atoms with E-state index in [1.807, 2.05) is 54.8 Å². The van der Waals surface area contributed by atoms with Gasteiger partial charge in [0.25, 0.3) is 5.91 Å². The van der Waals surface area contributed by atoms with Gasteiger partial charge in [0.2, 0.25) is 0 Å². The molecular formula is C14H12INOS. The van der Waals surface area contributed by atoms with Crippen LogP contribution in [0.15, 0.2) is 53.4 Å². The molecule has 1 amide bonds. The Labute approximate surface area is 124 Å². The number of halogens is 1. The van der Waals surface area contributed by atoms with Crippen molar-refractivity contribution in [1.29, 1.82) is 0 Å². The van der Waals surface area contributed by atoms with Gasteiger partial charge in [0.15, 0.2) is 0 Å². The van der Waals surface area contributed by atoms with Crippen LogP contribution in [0.4, 0.5) is 5.69 Å². The number of nitrogens with one attached hydrogen (secondary N) is 1. The van der Waals surface area contributed by atoms with E-state index in [1.165, 1.54) is 0 Å². The molecule has 92 valence electrons. The van der Waals surface area contributed by atoms with E-state index in [0.29, 0.717) is 5.56 Å². The van der Waals surface area contributed by atoms with Gasteiger partial charge in [0.05, 0.1) is 5.56 Å². The molecule has 0 aliphatic carbocycles. The molecule has 2 nitrogen and oxygen atoms in total. The molecule has 0 radical (unpaired) electrons. The highest BCUT2D eigenvalue weighted by molar-refractivity contribution is 14.1. The van der Waals surface area contributed by atoms with Crippen LogP contribution in [0.2, 0.25) is 0 Å². The predicted octanol–water partition coefficient (Wildman–Crippen LogP) is 4.27. The fraction of sp³-hybridized carbons (Fsp3) is 0.0714. The average molecular weight is 369 g/mol. The maximum Gasteiger partial charge on any atom is 0.256 e. The minimum absolute atomic E-state index is 0.0711. The monoisotopic (exact) mass is 369 g/mol. The van der Waals surface area contributed by atoms with Crippen molar-refractivity contribution in [2.24, 2.45) is 0 Å². The van der Waals surface area contributed by atoms with Gasteiger partial charge in [0, 0.05) is 14.2 Å². The smallest absolute Gasteiger partial charge is 0.256 e. The molecular weight excluding hydrogens is 357 g/mol. The van der Waals surface area contributed by atoms with Gasteiger partial charge in [-0.2, -0.15) is 0 Å². The van der Waals surface area contributed by atoms with Crippen molar-refractivity contribution in [3.8, 4) is 0 Å². The van der Waals surface area contributed by atoms with E-state index in [2.05, 4.69) is 27.9 Å². The lowest BCUT2D eigenvalue weighted by Gasteiger charge is -2.07. The second-order valence-corrected chi connectivity index (χ2v) is 5.71. The molecule has 0 aliphatic heterocycles. The summed E-state index contributed by atoms with van der Waals surface area (Å²) in [5.74, 6) is -0.0711. The lowest BCUT2D eigenvalue weighted by atomic mass is 10.2. The van der Waals surface area contributed by atoms with E-state index < -0.39 is 0 Å². The average Bonchev–Trinajstić information content (AvgIpc) is 2.39. The van der Waals surface area contributed by atoms with Crippen molar-refractivity contribution in [2.45, 2.75) is 4.90 Å². The number of amides is 1. The molecule has 4 heteroatoms. The summed E-state index contributed by atoms with van der Waals surface area (Å²) in [5, 5.41) is 2.92. The molecule has 0 fully saturated rings. The zero-order valence-electron chi connectivity index (χ0n) is 9.81. The van der Waals surface area contributed by atoms with Crippen LogP contribution in [0, 0.1) is 3.57 Å². The lowest BCUT2D eigenvalue weighted by Crippen LogP contribution is -2.13. The van der Waals surface area contributed by atoms with E-state index in [1.54, 1.807) is 11.8 Å². The largest absolute Gasteiger partial charge is 0.322 e. The lowest BCUT2D eigenvalue weighted by molar-refractivity contribution is 0.102. The molecule has 0 spiro atoms. The van der Waals surface area contributed by atoms with Gasteiger partial charge in [-0.15, -0.1) is 11.8 Å². The van der Waals surface area contributed by atoms with Crippen LogP contribution in [0.25, 0.3) is 0 Å². The summed E-state index contributed by atoms with van der Waals surface area (Å²) in [7, 11) is 0. The summed E-state index contributed by atoms with van der Waals surface area (Å²) in [5.41, 5.74) is 1.53. The molecule has 0 heterocycles. The van der Waals surface area contributed by atoms with Crippen molar-refractivity contribution in [2.75, 3.05) is 11.6 Å². The summed E-state index contributed by atoms with van der Waals surface area (Å²) in [4.78, 5) is 13.2. The molecule has 2 rings (SSSR count). The van der Waals surface area contributed by atoms with E-state index in [0.717, 1.165) is 14.2 Å². The zero-order chi connectivity index (χ0) is 13.0. The maximum absolute atomic E-state index is 12.1. The van der Waals surface area contributed by atoms with E-state index in [-0.39, 0.29) is 5.91 Å². The van der Waals surface area contributed by atoms with Crippen LogP contribution in [-0.2, 0) is 0 Å². The molecule has 2 aromatic rings. The quantitative estimate of drug-likeness (QED) is 0.647. The molecule has 0 bridgehead atoms. The Hall–Kier alpha value is -1.01. The zero-order valence-corrected chi connectivity index (χ0v) is 12.8. The molecule has 0 unspecified atom stereocenters. The maximum atomic E-state index is 12.1. The van der Waals surface area contributed by atoms with Crippen molar-refractivity contribution in [1.82, 2.24) is 0 Å². The molecule has 0 saturated carbocycles. The number of anilines is 1. The molecule has 0 aromatic heterocycles. The van der Waals surface area contributed by atoms with Crippen LogP contribution in [0.3, 0.4) is 0 Å². The van der Waals surface area contributed by atoms with E-state index in [9.17, 15) is 4.79 Å². The van der Waals surface area contributed by atoms with Gasteiger partial charge in [-0.3, -0.25) is 4.79 Å². The number of carbonyl (C=O) groups excluding carboxylic acids is 1. The Morgan fingerprint density at radius 2 is 1.94 bits per heavy atom. The molecule has 18 heavy (non-hydrogen) atoms. The number of benzene rings is 2. The van der Waals surface area contributed by atoms with Gasteiger partial charge in [-0.05, 0) is 59.2 Å². The van der Waals surface area contributed by atoms with Gasteiger partial charge in [0.1, 0.15) is 0 Å². The van der Waals surface area contributed by atoms with Gasteiger partial charge in [-0.1, -0.05) is 18.2 Å². The van der Waals surface area contributed by atoms with Gasteiger partial charge < -0.3 is 5.32 Å². The summed E-state index contributed by atoms with van der Waals surface area (Å²) < 4.78 is 0.952. The van der Waals surface area contributed by atoms with Gasteiger partial charge in [-0.25, -0.2) is 0 Å². The van der Waals surface area contributed by atoms with Crippen molar-refractivity contribution in [3.05, 3.63) is 57.7 Å². The number of carbonyl (C=O) groups is 1. The third kappa shape index (κ3) is 3.26. The van der Waals surface area contributed by atoms with Crippen molar-refractivity contribution >= 4 is 45.9 Å². The van der Waals surface area contributed by atoms with Crippen LogP contribution in [-0.4, -0.2) is 12.2 Å². The van der Waals surface area contributed by atoms with Crippen molar-refractivity contribution in [3.63, 3.8) is 0 Å². The number of hydrogen-bond acceptors (Lipinski definition) is 2. The molecule has 2 aromatic carbocycles. The van der Waals surface area contributed by atoms with Gasteiger partial charge >= 0.3 is 0 Å². The first kappa shape index (κ1) is 13.4. The Bertz CT molecular complexity index is 571. The molecule has 1 N–H and O–H groups in total. The van der Waals surface area contributed by atoms with Crippen LogP contribution >= 0.6 is 34.4 Å². The van der Waals surface area contributed by atoms with Crippen LogP contribution in [0.5, 0.6) is 0 Å². The van der Waals surface area contributed by atoms with Crippen molar-refractivity contribution < 1.29 is 4.79 Å². The predicted molar refractivity (Wildman–Crippen MR) is 85.3 cm³/mol. The number of rotatable bonds is 3. The molecule has 0 atom stereocenters. The number of thioether (sulfide) groups is 1. The Morgan fingerprint density at radius 1 is 1.17 bits per heavy atom.